The molecule has 0 spiro atoms. The SMILES string of the molecule is Br.CCOc1cc2c(c(F)c1OCC)C(=N)N(CC(=O)c1cc(N3CCC(OC)C3)c(OCC(=O)O)c(C(C)(C)C)c1)C2. The molecule has 0 aliphatic carbocycles. The molecule has 1 fully saturated rings. The molecule has 236 valence electrons. The number of nitrogens with one attached hydrogen (secondary N) is 1. The van der Waals surface area contributed by atoms with E-state index in [9.17, 15) is 14.7 Å². The minimum atomic E-state index is -1.10. The van der Waals surface area contributed by atoms with Gasteiger partial charge in [0.05, 0.1) is 37.1 Å². The Morgan fingerprint density at radius 2 is 1.79 bits per heavy atom. The first-order valence-electron chi connectivity index (χ1n) is 14.2. The standard InChI is InChI=1S/C31H40FN3O7.BrH/c1-7-40-24-13-19-14-35(30(33)26(19)27(32)29(24)41-8-2)16-23(36)18-11-21(31(3,4)5)28(42-17-25(37)38)22(12-18)34-10-9-20(15-34)39-6;/h11-13,20,33H,7-10,14-17H2,1-6H3,(H,37,38);1H. The lowest BCUT2D eigenvalue weighted by Crippen LogP contribution is -2.31. The molecule has 2 heterocycles. The average molecular weight is 667 g/mol. The van der Waals surface area contributed by atoms with Gasteiger partial charge >= 0.3 is 5.97 Å². The molecule has 4 rings (SSSR count). The molecule has 1 unspecified atom stereocenters. The topological polar surface area (TPSA) is 122 Å². The van der Waals surface area contributed by atoms with E-state index in [1.165, 1.54) is 4.90 Å². The number of amidine groups is 1. The first-order valence-corrected chi connectivity index (χ1v) is 14.2. The van der Waals surface area contributed by atoms with Gasteiger partial charge in [0.25, 0.3) is 0 Å². The van der Waals surface area contributed by atoms with Crippen molar-refractivity contribution in [2.45, 2.75) is 59.1 Å². The van der Waals surface area contributed by atoms with Crippen LogP contribution in [0.5, 0.6) is 17.2 Å². The molecule has 0 radical (unpaired) electrons. The van der Waals surface area contributed by atoms with E-state index in [0.29, 0.717) is 47.8 Å². The van der Waals surface area contributed by atoms with Gasteiger partial charge < -0.3 is 33.9 Å². The number of carboxylic acid groups (broad SMARTS) is 1. The molecule has 0 aromatic heterocycles. The lowest BCUT2D eigenvalue weighted by atomic mass is 9.84. The van der Waals surface area contributed by atoms with Gasteiger partial charge in [0.2, 0.25) is 0 Å². The van der Waals surface area contributed by atoms with E-state index in [2.05, 4.69) is 0 Å². The number of benzene rings is 2. The van der Waals surface area contributed by atoms with Crippen molar-refractivity contribution in [3.05, 3.63) is 46.3 Å². The summed E-state index contributed by atoms with van der Waals surface area (Å²) in [6, 6.07) is 5.14. The van der Waals surface area contributed by atoms with Gasteiger partial charge in [0, 0.05) is 37.9 Å². The Morgan fingerprint density at radius 3 is 2.37 bits per heavy atom. The molecule has 0 saturated carbocycles. The summed E-state index contributed by atoms with van der Waals surface area (Å²) in [5.41, 5.74) is 1.88. The van der Waals surface area contributed by atoms with Crippen molar-refractivity contribution in [1.82, 2.24) is 4.90 Å². The monoisotopic (exact) mass is 665 g/mol. The van der Waals surface area contributed by atoms with E-state index in [4.69, 9.17) is 24.4 Å². The number of anilines is 1. The molecular weight excluding hydrogens is 625 g/mol. The second-order valence-electron chi connectivity index (χ2n) is 11.4. The number of ketones is 1. The number of hydrogen-bond acceptors (Lipinski definition) is 8. The summed E-state index contributed by atoms with van der Waals surface area (Å²) in [5.74, 6) is -1.47. The molecule has 12 heteroatoms. The average Bonchev–Trinajstić information content (AvgIpc) is 3.53. The number of aliphatic carboxylic acids is 1. The highest BCUT2D eigenvalue weighted by Gasteiger charge is 2.35. The van der Waals surface area contributed by atoms with Crippen molar-refractivity contribution >= 4 is 40.3 Å². The van der Waals surface area contributed by atoms with Gasteiger partial charge in [-0.2, -0.15) is 0 Å². The Morgan fingerprint density at radius 1 is 1.09 bits per heavy atom. The van der Waals surface area contributed by atoms with E-state index in [-0.39, 0.29) is 71.5 Å². The van der Waals surface area contributed by atoms with Gasteiger partial charge in [-0.25, -0.2) is 9.18 Å². The highest BCUT2D eigenvalue weighted by molar-refractivity contribution is 8.93. The number of carboxylic acids is 1. The Balaban J connectivity index is 0.00000506. The number of carbonyl (C=O) groups is 2. The molecule has 0 bridgehead atoms. The lowest BCUT2D eigenvalue weighted by Gasteiger charge is -2.29. The predicted molar refractivity (Wildman–Crippen MR) is 167 cm³/mol. The maximum Gasteiger partial charge on any atom is 0.341 e. The quantitative estimate of drug-likeness (QED) is 0.294. The van der Waals surface area contributed by atoms with E-state index in [1.807, 2.05) is 25.7 Å². The number of ether oxygens (including phenoxy) is 4. The Hall–Kier alpha value is -3.38. The van der Waals surface area contributed by atoms with E-state index < -0.39 is 23.8 Å². The van der Waals surface area contributed by atoms with Crippen LogP contribution in [0.2, 0.25) is 0 Å². The van der Waals surface area contributed by atoms with Crippen molar-refractivity contribution in [2.24, 2.45) is 0 Å². The minimum absolute atomic E-state index is 0. The Labute approximate surface area is 262 Å². The van der Waals surface area contributed by atoms with Crippen LogP contribution < -0.4 is 19.1 Å². The van der Waals surface area contributed by atoms with Crippen LogP contribution in [0.25, 0.3) is 0 Å². The second kappa shape index (κ2) is 13.9. The summed E-state index contributed by atoms with van der Waals surface area (Å²) in [6.45, 7) is 10.7. The molecule has 1 saturated heterocycles. The minimum Gasteiger partial charge on any atom is -0.490 e. The molecule has 2 aromatic rings. The number of rotatable bonds is 12. The third-order valence-electron chi connectivity index (χ3n) is 7.46. The first kappa shape index (κ1) is 34.1. The van der Waals surface area contributed by atoms with Crippen molar-refractivity contribution in [3.63, 3.8) is 0 Å². The summed E-state index contributed by atoms with van der Waals surface area (Å²) < 4.78 is 38.0. The number of halogens is 2. The smallest absolute Gasteiger partial charge is 0.341 e. The summed E-state index contributed by atoms with van der Waals surface area (Å²) in [5, 5.41) is 18.1. The zero-order valence-corrected chi connectivity index (χ0v) is 27.3. The van der Waals surface area contributed by atoms with E-state index in [0.717, 1.165) is 6.42 Å². The van der Waals surface area contributed by atoms with Crippen LogP contribution in [0.1, 0.15) is 68.1 Å². The van der Waals surface area contributed by atoms with Crippen LogP contribution in [0.3, 0.4) is 0 Å². The van der Waals surface area contributed by atoms with Crippen LogP contribution in [-0.2, 0) is 21.5 Å². The van der Waals surface area contributed by atoms with Crippen LogP contribution >= 0.6 is 17.0 Å². The van der Waals surface area contributed by atoms with Crippen LogP contribution in [0.4, 0.5) is 10.1 Å². The summed E-state index contributed by atoms with van der Waals surface area (Å²) in [7, 11) is 1.65. The lowest BCUT2D eigenvalue weighted by molar-refractivity contribution is -0.139. The molecule has 0 amide bonds. The maximum atomic E-state index is 15.5. The zero-order valence-electron chi connectivity index (χ0n) is 25.5. The molecule has 10 nitrogen and oxygen atoms in total. The number of fused-ring (bicyclic) bond motifs is 1. The first-order chi connectivity index (χ1) is 19.9. The van der Waals surface area contributed by atoms with Crippen molar-refractivity contribution in [1.29, 1.82) is 5.41 Å². The highest BCUT2D eigenvalue weighted by atomic mass is 79.9. The van der Waals surface area contributed by atoms with Crippen molar-refractivity contribution in [2.75, 3.05) is 51.5 Å². The fraction of sp³-hybridized carbons (Fsp3) is 0.516. The van der Waals surface area contributed by atoms with Gasteiger partial charge in [0.1, 0.15) is 11.6 Å². The fourth-order valence-corrected chi connectivity index (χ4v) is 5.41. The number of methoxy groups -OCH3 is 1. The molecule has 1 atom stereocenters. The van der Waals surface area contributed by atoms with Gasteiger partial charge in [0.15, 0.2) is 29.7 Å². The van der Waals surface area contributed by atoms with Gasteiger partial charge in [-0.05, 0) is 49.4 Å². The number of carbonyl (C=O) groups excluding carboxylic acids is 1. The number of nitrogens with zero attached hydrogens (tertiary/aromatic N) is 2. The van der Waals surface area contributed by atoms with Gasteiger partial charge in [-0.1, -0.05) is 20.8 Å². The van der Waals surface area contributed by atoms with Crippen LogP contribution in [0.15, 0.2) is 18.2 Å². The number of Topliss-reactive ketones (excluding diaryl/α,β-unsaturated/α-hetero) is 1. The van der Waals surface area contributed by atoms with Gasteiger partial charge in [-0.15, -0.1) is 17.0 Å². The third kappa shape index (κ3) is 7.23. The normalized spacial score (nSPS) is 16.2. The van der Waals surface area contributed by atoms with E-state index in [1.54, 1.807) is 39.2 Å². The van der Waals surface area contributed by atoms with E-state index >= 15 is 4.39 Å². The van der Waals surface area contributed by atoms with Crippen molar-refractivity contribution in [3.8, 4) is 17.2 Å². The fourth-order valence-electron chi connectivity index (χ4n) is 5.41. The van der Waals surface area contributed by atoms with Crippen molar-refractivity contribution < 1.29 is 38.0 Å². The largest absolute Gasteiger partial charge is 0.490 e. The molecule has 2 aromatic carbocycles. The molecule has 2 N–H and O–H groups in total. The molecule has 2 aliphatic heterocycles. The predicted octanol–water partition coefficient (Wildman–Crippen LogP) is 5.21. The molecule has 2 aliphatic rings. The summed E-state index contributed by atoms with van der Waals surface area (Å²) in [4.78, 5) is 28.8. The number of hydrogen-bond donors (Lipinski definition) is 2. The third-order valence-corrected chi connectivity index (χ3v) is 7.46. The van der Waals surface area contributed by atoms with Gasteiger partial charge in [-0.3, -0.25) is 10.2 Å². The molecular formula is C31H41BrFN3O7. The Kier molecular flexibility index (Phi) is 11.1. The molecule has 43 heavy (non-hydrogen) atoms. The summed E-state index contributed by atoms with van der Waals surface area (Å²) in [6.07, 6.45) is 0.775. The van der Waals surface area contributed by atoms with Crippen LogP contribution in [0, 0.1) is 11.2 Å². The maximum absolute atomic E-state index is 15.5. The summed E-state index contributed by atoms with van der Waals surface area (Å²) >= 11 is 0. The zero-order chi connectivity index (χ0) is 30.8. The highest BCUT2D eigenvalue weighted by Crippen LogP contribution is 2.42. The second-order valence-corrected chi connectivity index (χ2v) is 11.4. The van der Waals surface area contributed by atoms with Crippen LogP contribution in [-0.4, -0.2) is 80.3 Å². The Bertz CT molecular complexity index is 1380.